The number of rotatable bonds is 8. The number of aromatic nitrogens is 1. The summed E-state index contributed by atoms with van der Waals surface area (Å²) in [4.78, 5) is 14.6. The van der Waals surface area contributed by atoms with Gasteiger partial charge in [0.15, 0.2) is 0 Å². The Hall–Kier alpha value is -2.10. The number of hydrogen-bond acceptors (Lipinski definition) is 5. The minimum absolute atomic E-state index is 0.111. The summed E-state index contributed by atoms with van der Waals surface area (Å²) in [5.41, 5.74) is 1.59. The number of fused-ring (bicyclic) bond motifs is 1. The molecule has 1 aliphatic heterocycles. The molecule has 1 fully saturated rings. The molecule has 0 radical (unpaired) electrons. The normalized spacial score (nSPS) is 15.9. The van der Waals surface area contributed by atoms with Gasteiger partial charge in [0.25, 0.3) is 5.91 Å². The molecular formula is C19H28N4O4S. The molecule has 1 N–H and O–H groups in total. The number of carbonyl (C=O) groups excluding carboxylic acids is 1. The van der Waals surface area contributed by atoms with Gasteiger partial charge < -0.3 is 19.4 Å². The number of pyridine rings is 1. The fourth-order valence-electron chi connectivity index (χ4n) is 3.35. The van der Waals surface area contributed by atoms with Crippen LogP contribution in [0, 0.1) is 0 Å². The van der Waals surface area contributed by atoms with Crippen molar-refractivity contribution in [2.75, 3.05) is 57.1 Å². The number of amides is 1. The highest BCUT2D eigenvalue weighted by Gasteiger charge is 2.24. The Labute approximate surface area is 166 Å². The fraction of sp³-hybridized carbons (Fsp3) is 0.526. The molecule has 1 aliphatic rings. The molecule has 8 nitrogen and oxygen atoms in total. The Bertz CT molecular complexity index is 917. The average molecular weight is 409 g/mol. The van der Waals surface area contributed by atoms with Crippen molar-refractivity contribution in [3.63, 3.8) is 0 Å². The number of sulfonamides is 1. The van der Waals surface area contributed by atoms with Gasteiger partial charge in [-0.25, -0.2) is 8.42 Å². The average Bonchev–Trinajstić information content (AvgIpc) is 3.10. The number of piperazine rings is 1. The van der Waals surface area contributed by atoms with Crippen LogP contribution < -0.4 is 10.2 Å². The zero-order valence-corrected chi connectivity index (χ0v) is 17.2. The van der Waals surface area contributed by atoms with Gasteiger partial charge >= 0.3 is 0 Å². The van der Waals surface area contributed by atoms with E-state index >= 15 is 0 Å². The number of anilines is 1. The number of hydrogen-bond donors (Lipinski definition) is 1. The van der Waals surface area contributed by atoms with E-state index in [4.69, 9.17) is 4.74 Å². The molecular weight excluding hydrogens is 380 g/mol. The Kier molecular flexibility index (Phi) is 6.58. The fourth-order valence-corrected chi connectivity index (χ4v) is 4.18. The summed E-state index contributed by atoms with van der Waals surface area (Å²) in [5.74, 6) is 0.856. The number of carbonyl (C=O) groups is 1. The van der Waals surface area contributed by atoms with Gasteiger partial charge in [0, 0.05) is 57.7 Å². The van der Waals surface area contributed by atoms with Crippen molar-refractivity contribution in [2.45, 2.75) is 13.3 Å². The Balaban J connectivity index is 1.68. The van der Waals surface area contributed by atoms with Crippen LogP contribution in [0.25, 0.3) is 5.52 Å². The molecule has 3 heterocycles. The third-order valence-electron chi connectivity index (χ3n) is 4.88. The van der Waals surface area contributed by atoms with Crippen molar-refractivity contribution in [2.24, 2.45) is 0 Å². The molecule has 0 spiro atoms. The minimum atomic E-state index is -3.16. The quantitative estimate of drug-likeness (QED) is 0.663. The molecule has 0 atom stereocenters. The molecule has 0 aliphatic carbocycles. The van der Waals surface area contributed by atoms with Gasteiger partial charge in [-0.15, -0.1) is 0 Å². The van der Waals surface area contributed by atoms with Crippen molar-refractivity contribution >= 4 is 27.3 Å². The molecule has 1 saturated heterocycles. The first kappa shape index (κ1) is 20.6. The second-order valence-corrected chi connectivity index (χ2v) is 8.84. The maximum Gasteiger partial charge on any atom is 0.252 e. The second-order valence-electron chi connectivity index (χ2n) is 6.86. The van der Waals surface area contributed by atoms with Gasteiger partial charge in [0.1, 0.15) is 5.82 Å². The highest BCUT2D eigenvalue weighted by molar-refractivity contribution is 7.88. The topological polar surface area (TPSA) is 83.4 Å². The zero-order chi connectivity index (χ0) is 20.1. The molecule has 9 heteroatoms. The lowest BCUT2D eigenvalue weighted by Crippen LogP contribution is -2.48. The van der Waals surface area contributed by atoms with Crippen LogP contribution in [-0.2, 0) is 14.8 Å². The molecule has 0 unspecified atom stereocenters. The maximum absolute atomic E-state index is 12.4. The summed E-state index contributed by atoms with van der Waals surface area (Å²) in [6.07, 6.45) is 3.86. The van der Waals surface area contributed by atoms with Gasteiger partial charge in [0.05, 0.1) is 11.8 Å². The highest BCUT2D eigenvalue weighted by Crippen LogP contribution is 2.22. The first-order valence-corrected chi connectivity index (χ1v) is 11.4. The third kappa shape index (κ3) is 4.84. The van der Waals surface area contributed by atoms with E-state index in [1.165, 1.54) is 10.6 Å². The summed E-state index contributed by atoms with van der Waals surface area (Å²) in [5, 5.41) is 2.92. The van der Waals surface area contributed by atoms with E-state index in [2.05, 4.69) is 10.2 Å². The van der Waals surface area contributed by atoms with Crippen LogP contribution in [0.1, 0.15) is 23.7 Å². The lowest BCUT2D eigenvalue weighted by atomic mass is 10.2. The summed E-state index contributed by atoms with van der Waals surface area (Å²) in [6, 6.07) is 7.75. The van der Waals surface area contributed by atoms with E-state index in [0.717, 1.165) is 17.8 Å². The Morgan fingerprint density at radius 3 is 2.54 bits per heavy atom. The third-order valence-corrected chi connectivity index (χ3v) is 6.18. The first-order chi connectivity index (χ1) is 13.4. The molecule has 2 aromatic heterocycles. The Morgan fingerprint density at radius 2 is 1.86 bits per heavy atom. The van der Waals surface area contributed by atoms with Gasteiger partial charge in [-0.2, -0.15) is 4.31 Å². The molecule has 2 aromatic rings. The summed E-state index contributed by atoms with van der Waals surface area (Å²) < 4.78 is 32.2. The van der Waals surface area contributed by atoms with Gasteiger partial charge in [-0.05, 0) is 37.6 Å². The van der Waals surface area contributed by atoms with Gasteiger partial charge in [-0.1, -0.05) is 0 Å². The van der Waals surface area contributed by atoms with E-state index < -0.39 is 10.0 Å². The molecule has 0 bridgehead atoms. The predicted molar refractivity (Wildman–Crippen MR) is 109 cm³/mol. The van der Waals surface area contributed by atoms with Crippen molar-refractivity contribution in [3.8, 4) is 0 Å². The summed E-state index contributed by atoms with van der Waals surface area (Å²) in [6.45, 7) is 6.00. The van der Waals surface area contributed by atoms with Crippen molar-refractivity contribution in [1.29, 1.82) is 0 Å². The van der Waals surface area contributed by atoms with E-state index in [1.807, 2.05) is 41.8 Å². The van der Waals surface area contributed by atoms with Crippen LogP contribution in [0.3, 0.4) is 0 Å². The van der Waals surface area contributed by atoms with Crippen LogP contribution in [0.4, 0.5) is 5.82 Å². The molecule has 1 amide bonds. The molecule has 28 heavy (non-hydrogen) atoms. The lowest BCUT2D eigenvalue weighted by Gasteiger charge is -2.34. The minimum Gasteiger partial charge on any atom is -0.382 e. The molecule has 0 saturated carbocycles. The maximum atomic E-state index is 12.4. The van der Waals surface area contributed by atoms with Crippen molar-refractivity contribution in [3.05, 3.63) is 36.0 Å². The predicted octanol–water partition coefficient (Wildman–Crippen LogP) is 1.18. The first-order valence-electron chi connectivity index (χ1n) is 9.57. The summed E-state index contributed by atoms with van der Waals surface area (Å²) in [7, 11) is -3.16. The van der Waals surface area contributed by atoms with Crippen LogP contribution in [0.5, 0.6) is 0 Å². The highest BCUT2D eigenvalue weighted by atomic mass is 32.2. The van der Waals surface area contributed by atoms with Crippen molar-refractivity contribution in [1.82, 2.24) is 14.0 Å². The Morgan fingerprint density at radius 1 is 1.14 bits per heavy atom. The van der Waals surface area contributed by atoms with Crippen LogP contribution in [0.2, 0.25) is 0 Å². The largest absolute Gasteiger partial charge is 0.382 e. The van der Waals surface area contributed by atoms with E-state index in [-0.39, 0.29) is 5.91 Å². The van der Waals surface area contributed by atoms with E-state index in [9.17, 15) is 13.2 Å². The molecule has 154 valence electrons. The standard InChI is InChI=1S/C19H28N4O4S/c1-3-27-14-4-9-20-19(24)16-5-6-17-7-8-18(23(17)15-16)21-10-12-22(13-11-21)28(2,25)26/h5-8,15H,3-4,9-14H2,1-2H3,(H,20,24). The summed E-state index contributed by atoms with van der Waals surface area (Å²) >= 11 is 0. The van der Waals surface area contributed by atoms with Gasteiger partial charge in [-0.3, -0.25) is 4.79 Å². The monoisotopic (exact) mass is 408 g/mol. The van der Waals surface area contributed by atoms with Crippen molar-refractivity contribution < 1.29 is 17.9 Å². The van der Waals surface area contributed by atoms with Crippen LogP contribution in [-0.4, -0.2) is 75.2 Å². The van der Waals surface area contributed by atoms with E-state index in [1.54, 1.807) is 0 Å². The van der Waals surface area contributed by atoms with Crippen LogP contribution in [0.15, 0.2) is 30.5 Å². The van der Waals surface area contributed by atoms with Crippen LogP contribution >= 0.6 is 0 Å². The SMILES string of the molecule is CCOCCCNC(=O)c1ccc2ccc(N3CCN(S(C)(=O)=O)CC3)n2c1. The number of nitrogens with one attached hydrogen (secondary N) is 1. The lowest BCUT2D eigenvalue weighted by molar-refractivity contribution is 0.0944. The van der Waals surface area contributed by atoms with E-state index in [0.29, 0.717) is 51.5 Å². The smallest absolute Gasteiger partial charge is 0.252 e. The van der Waals surface area contributed by atoms with Gasteiger partial charge in [0.2, 0.25) is 10.0 Å². The second kappa shape index (κ2) is 8.93. The zero-order valence-electron chi connectivity index (χ0n) is 16.4. The number of ether oxygens (including phenoxy) is 1. The molecule has 3 rings (SSSR count). The molecule has 0 aromatic carbocycles. The number of nitrogens with zero attached hydrogens (tertiary/aromatic N) is 3.